The molecule has 0 amide bonds. The first-order valence-electron chi connectivity index (χ1n) is 7.68. The Morgan fingerprint density at radius 2 is 1.53 bits per heavy atom. The van der Waals surface area contributed by atoms with Gasteiger partial charge in [0.1, 0.15) is 0 Å². The van der Waals surface area contributed by atoms with Gasteiger partial charge in [0.25, 0.3) is 0 Å². The molecule has 1 aliphatic rings. The number of hydrazine groups is 1. The van der Waals surface area contributed by atoms with Crippen LogP contribution in [-0.2, 0) is 4.74 Å². The summed E-state index contributed by atoms with van der Waals surface area (Å²) in [4.78, 5) is 0. The Balaban J connectivity index is 3.02. The van der Waals surface area contributed by atoms with Crippen LogP contribution in [0.2, 0.25) is 0 Å². The van der Waals surface area contributed by atoms with Crippen molar-refractivity contribution in [3.63, 3.8) is 0 Å². The fourth-order valence-corrected chi connectivity index (χ4v) is 4.26. The molecule has 3 heteroatoms. The topological polar surface area (TPSA) is 47.3 Å². The predicted molar refractivity (Wildman–Crippen MR) is 81.6 cm³/mol. The molecule has 3 N–H and O–H groups in total. The van der Waals surface area contributed by atoms with Gasteiger partial charge in [-0.2, -0.15) is 0 Å². The molecule has 0 aromatic carbocycles. The maximum absolute atomic E-state index is 6.25. The van der Waals surface area contributed by atoms with Crippen LogP contribution in [0.5, 0.6) is 0 Å². The Bertz CT molecular complexity index is 289. The average molecular weight is 270 g/mol. The van der Waals surface area contributed by atoms with Crippen molar-refractivity contribution < 1.29 is 4.74 Å². The lowest BCUT2D eigenvalue weighted by Crippen LogP contribution is -2.53. The molecular formula is C16H34N2O. The van der Waals surface area contributed by atoms with E-state index in [0.29, 0.717) is 29.7 Å². The number of ether oxygens (including phenoxy) is 1. The summed E-state index contributed by atoms with van der Waals surface area (Å²) in [5, 5.41) is 0. The Morgan fingerprint density at radius 1 is 1.05 bits per heavy atom. The molecule has 0 aromatic heterocycles. The summed E-state index contributed by atoms with van der Waals surface area (Å²) in [5.41, 5.74) is 2.94. The van der Waals surface area contributed by atoms with Crippen LogP contribution in [-0.4, -0.2) is 17.2 Å². The van der Waals surface area contributed by atoms with E-state index in [1.807, 2.05) is 0 Å². The molecule has 1 fully saturated rings. The fraction of sp³-hybridized carbons (Fsp3) is 1.00. The summed E-state index contributed by atoms with van der Waals surface area (Å²) in [6.45, 7) is 17.9. The molecule has 0 radical (unpaired) electrons. The van der Waals surface area contributed by atoms with E-state index in [1.54, 1.807) is 0 Å². The molecule has 2 unspecified atom stereocenters. The van der Waals surface area contributed by atoms with E-state index >= 15 is 0 Å². The Labute approximate surface area is 119 Å². The molecule has 114 valence electrons. The van der Waals surface area contributed by atoms with Crippen molar-refractivity contribution in [1.29, 1.82) is 0 Å². The highest BCUT2D eigenvalue weighted by atomic mass is 16.5. The zero-order valence-electron chi connectivity index (χ0n) is 14.1. The van der Waals surface area contributed by atoms with Gasteiger partial charge in [-0.05, 0) is 51.9 Å². The van der Waals surface area contributed by atoms with Gasteiger partial charge >= 0.3 is 0 Å². The van der Waals surface area contributed by atoms with Gasteiger partial charge in [-0.1, -0.05) is 27.7 Å². The smallest absolute Gasteiger partial charge is 0.0678 e. The third-order valence-electron chi connectivity index (χ3n) is 4.72. The summed E-state index contributed by atoms with van der Waals surface area (Å²) >= 11 is 0. The zero-order chi connectivity index (χ0) is 15.0. The minimum atomic E-state index is -0.122. The Kier molecular flexibility index (Phi) is 5.09. The third-order valence-corrected chi connectivity index (χ3v) is 4.72. The number of rotatable bonds is 5. The molecule has 1 saturated heterocycles. The quantitative estimate of drug-likeness (QED) is 0.595. The normalized spacial score (nSPS) is 27.5. The molecule has 2 atom stereocenters. The molecule has 0 spiro atoms. The lowest BCUT2D eigenvalue weighted by atomic mass is 9.70. The third kappa shape index (κ3) is 3.71. The molecule has 0 aliphatic carbocycles. The van der Waals surface area contributed by atoms with Crippen LogP contribution in [0.4, 0.5) is 0 Å². The first-order chi connectivity index (χ1) is 8.52. The second-order valence-corrected chi connectivity index (χ2v) is 8.03. The van der Waals surface area contributed by atoms with E-state index in [4.69, 9.17) is 10.6 Å². The lowest BCUT2D eigenvalue weighted by Gasteiger charge is -2.40. The van der Waals surface area contributed by atoms with E-state index in [9.17, 15) is 0 Å². The van der Waals surface area contributed by atoms with Crippen molar-refractivity contribution in [2.24, 2.45) is 29.5 Å². The number of nitrogens with two attached hydrogens (primary N) is 1. The molecular weight excluding hydrogens is 236 g/mol. The van der Waals surface area contributed by atoms with Gasteiger partial charge in [0.2, 0.25) is 0 Å². The standard InChI is InChI=1S/C16H34N2O/c1-10(2)13(11(3)4)14(18-17)12-9-15(5,6)19-16(12,7)8/h10-14,18H,9,17H2,1-8H3. The summed E-state index contributed by atoms with van der Waals surface area (Å²) in [5.74, 6) is 8.16. The van der Waals surface area contributed by atoms with Gasteiger partial charge in [-0.25, -0.2) is 0 Å². The van der Waals surface area contributed by atoms with E-state index in [1.165, 1.54) is 0 Å². The van der Waals surface area contributed by atoms with Crippen molar-refractivity contribution in [3.05, 3.63) is 0 Å². The van der Waals surface area contributed by atoms with Crippen LogP contribution in [0.3, 0.4) is 0 Å². The summed E-state index contributed by atoms with van der Waals surface area (Å²) in [7, 11) is 0. The maximum atomic E-state index is 6.25. The highest BCUT2D eigenvalue weighted by Crippen LogP contribution is 2.46. The lowest BCUT2D eigenvalue weighted by molar-refractivity contribution is -0.0814. The number of hydrogen-bond donors (Lipinski definition) is 2. The first kappa shape index (κ1) is 16.9. The highest BCUT2D eigenvalue weighted by Gasteiger charge is 2.51. The van der Waals surface area contributed by atoms with Gasteiger partial charge in [0.15, 0.2) is 0 Å². The summed E-state index contributed by atoms with van der Waals surface area (Å²) in [6.07, 6.45) is 1.06. The van der Waals surface area contributed by atoms with Gasteiger partial charge in [0, 0.05) is 12.0 Å². The Morgan fingerprint density at radius 3 is 1.79 bits per heavy atom. The van der Waals surface area contributed by atoms with Crippen LogP contribution in [0.1, 0.15) is 61.8 Å². The van der Waals surface area contributed by atoms with Gasteiger partial charge in [-0.3, -0.25) is 11.3 Å². The zero-order valence-corrected chi connectivity index (χ0v) is 14.1. The molecule has 0 bridgehead atoms. The van der Waals surface area contributed by atoms with Crippen LogP contribution < -0.4 is 11.3 Å². The van der Waals surface area contributed by atoms with Crippen molar-refractivity contribution in [3.8, 4) is 0 Å². The summed E-state index contributed by atoms with van der Waals surface area (Å²) in [6, 6.07) is 0.303. The second-order valence-electron chi connectivity index (χ2n) is 8.03. The minimum Gasteiger partial charge on any atom is -0.369 e. The first-order valence-corrected chi connectivity index (χ1v) is 7.68. The molecule has 0 saturated carbocycles. The van der Waals surface area contributed by atoms with Crippen LogP contribution >= 0.6 is 0 Å². The number of hydrogen-bond acceptors (Lipinski definition) is 3. The Hall–Kier alpha value is -0.120. The maximum Gasteiger partial charge on any atom is 0.0678 e. The van der Waals surface area contributed by atoms with Crippen LogP contribution in [0.25, 0.3) is 0 Å². The van der Waals surface area contributed by atoms with E-state index in [0.717, 1.165) is 6.42 Å². The van der Waals surface area contributed by atoms with Gasteiger partial charge < -0.3 is 4.74 Å². The number of nitrogens with one attached hydrogen (secondary N) is 1. The van der Waals surface area contributed by atoms with Crippen molar-refractivity contribution in [1.82, 2.24) is 5.43 Å². The van der Waals surface area contributed by atoms with Crippen molar-refractivity contribution >= 4 is 0 Å². The summed E-state index contributed by atoms with van der Waals surface area (Å²) < 4.78 is 6.25. The van der Waals surface area contributed by atoms with Gasteiger partial charge in [0.05, 0.1) is 11.2 Å². The largest absolute Gasteiger partial charge is 0.369 e. The highest BCUT2D eigenvalue weighted by molar-refractivity contribution is 5.01. The van der Waals surface area contributed by atoms with Crippen LogP contribution in [0.15, 0.2) is 0 Å². The van der Waals surface area contributed by atoms with Gasteiger partial charge in [-0.15, -0.1) is 0 Å². The molecule has 3 nitrogen and oxygen atoms in total. The van der Waals surface area contributed by atoms with E-state index in [-0.39, 0.29) is 11.2 Å². The fourth-order valence-electron chi connectivity index (χ4n) is 4.26. The molecule has 1 rings (SSSR count). The second kappa shape index (κ2) is 5.71. The molecule has 19 heavy (non-hydrogen) atoms. The van der Waals surface area contributed by atoms with E-state index < -0.39 is 0 Å². The predicted octanol–water partition coefficient (Wildman–Crippen LogP) is 3.34. The average Bonchev–Trinajstić information content (AvgIpc) is 2.41. The molecule has 1 heterocycles. The van der Waals surface area contributed by atoms with Crippen LogP contribution in [0, 0.1) is 23.7 Å². The molecule has 0 aromatic rings. The SMILES string of the molecule is CC(C)C(C(C)C)C(NN)C1CC(C)(C)OC1(C)C. The van der Waals surface area contributed by atoms with Crippen molar-refractivity contribution in [2.75, 3.05) is 0 Å². The minimum absolute atomic E-state index is 0.0538. The van der Waals surface area contributed by atoms with Crippen molar-refractivity contribution in [2.45, 2.75) is 79.1 Å². The van der Waals surface area contributed by atoms with E-state index in [2.05, 4.69) is 60.8 Å². The molecule has 1 aliphatic heterocycles. The monoisotopic (exact) mass is 270 g/mol.